The molecule has 0 aromatic carbocycles. The number of piperidine rings is 1. The first kappa shape index (κ1) is 15.9. The molecule has 0 radical (unpaired) electrons. The molecular formula is C17H26N2O2S. The Bertz CT molecular complexity index is 511. The van der Waals surface area contributed by atoms with Crippen LogP contribution in [0.25, 0.3) is 0 Å². The van der Waals surface area contributed by atoms with E-state index in [1.165, 1.54) is 42.7 Å². The van der Waals surface area contributed by atoms with Crippen LogP contribution in [0.1, 0.15) is 61.3 Å². The Morgan fingerprint density at radius 1 is 1.41 bits per heavy atom. The lowest BCUT2D eigenvalue weighted by molar-refractivity contribution is -0.149. The Morgan fingerprint density at radius 2 is 2.18 bits per heavy atom. The molecule has 2 heterocycles. The molecule has 1 saturated carbocycles. The molecule has 1 aliphatic carbocycles. The van der Waals surface area contributed by atoms with Gasteiger partial charge in [0.25, 0.3) is 0 Å². The number of ether oxygens (including phenoxy) is 1. The normalized spacial score (nSPS) is 27.2. The molecule has 1 aromatic rings. The number of thiazole rings is 1. The van der Waals surface area contributed by atoms with Crippen LogP contribution < -0.4 is 0 Å². The number of likely N-dealkylation sites (tertiary alicyclic amines) is 1. The topological polar surface area (TPSA) is 42.4 Å². The minimum atomic E-state index is -0.0919. The Kier molecular flexibility index (Phi) is 5.14. The van der Waals surface area contributed by atoms with Gasteiger partial charge in [-0.1, -0.05) is 19.8 Å². The van der Waals surface area contributed by atoms with Gasteiger partial charge in [-0.05, 0) is 38.1 Å². The van der Waals surface area contributed by atoms with Gasteiger partial charge in [0.1, 0.15) is 6.04 Å². The van der Waals surface area contributed by atoms with E-state index in [-0.39, 0.29) is 12.0 Å². The van der Waals surface area contributed by atoms with Crippen molar-refractivity contribution in [3.05, 3.63) is 16.1 Å². The third-order valence-electron chi connectivity index (χ3n) is 5.08. The monoisotopic (exact) mass is 322 g/mol. The largest absolute Gasteiger partial charge is 0.468 e. The summed E-state index contributed by atoms with van der Waals surface area (Å²) in [4.78, 5) is 20.3. The van der Waals surface area contributed by atoms with E-state index in [2.05, 4.69) is 16.8 Å². The predicted molar refractivity (Wildman–Crippen MR) is 87.9 cm³/mol. The van der Waals surface area contributed by atoms with Crippen molar-refractivity contribution in [1.29, 1.82) is 0 Å². The van der Waals surface area contributed by atoms with Gasteiger partial charge in [-0.15, -0.1) is 11.3 Å². The van der Waals surface area contributed by atoms with Crippen LogP contribution in [-0.4, -0.2) is 35.5 Å². The average Bonchev–Trinajstić information content (AvgIpc) is 3.19. The van der Waals surface area contributed by atoms with E-state index in [9.17, 15) is 4.79 Å². The van der Waals surface area contributed by atoms with Crippen LogP contribution in [0.2, 0.25) is 0 Å². The Balaban J connectivity index is 1.66. The second-order valence-corrected chi connectivity index (χ2v) is 7.93. The molecule has 2 fully saturated rings. The first-order chi connectivity index (χ1) is 10.7. The molecular weight excluding hydrogens is 296 g/mol. The van der Waals surface area contributed by atoms with E-state index in [0.29, 0.717) is 11.8 Å². The molecule has 122 valence electrons. The summed E-state index contributed by atoms with van der Waals surface area (Å²) in [5.74, 6) is 1.18. The zero-order chi connectivity index (χ0) is 15.5. The van der Waals surface area contributed by atoms with Crippen LogP contribution in [-0.2, 0) is 16.1 Å². The van der Waals surface area contributed by atoms with Crippen molar-refractivity contribution in [2.24, 2.45) is 5.92 Å². The molecule has 0 amide bonds. The zero-order valence-corrected chi connectivity index (χ0v) is 14.4. The van der Waals surface area contributed by atoms with Crippen molar-refractivity contribution in [3.8, 4) is 0 Å². The van der Waals surface area contributed by atoms with Gasteiger partial charge in [0.15, 0.2) is 0 Å². The zero-order valence-electron chi connectivity index (χ0n) is 13.6. The Morgan fingerprint density at radius 3 is 2.91 bits per heavy atom. The molecule has 3 rings (SSSR count). The maximum absolute atomic E-state index is 12.1. The van der Waals surface area contributed by atoms with E-state index in [1.807, 2.05) is 17.5 Å². The van der Waals surface area contributed by atoms with Crippen LogP contribution in [0.4, 0.5) is 0 Å². The second-order valence-electron chi connectivity index (χ2n) is 6.79. The number of methoxy groups -OCH3 is 1. The summed E-state index contributed by atoms with van der Waals surface area (Å²) in [6, 6.07) is -0.0919. The predicted octanol–water partition coefficient (Wildman–Crippen LogP) is 3.57. The van der Waals surface area contributed by atoms with Crippen LogP contribution in [0.5, 0.6) is 0 Å². The summed E-state index contributed by atoms with van der Waals surface area (Å²) < 4.78 is 5.00. The number of carbonyl (C=O) groups is 1. The molecule has 2 atom stereocenters. The minimum absolute atomic E-state index is 0.0907. The van der Waals surface area contributed by atoms with Crippen LogP contribution in [0.15, 0.2) is 6.20 Å². The molecule has 1 aromatic heterocycles. The van der Waals surface area contributed by atoms with Gasteiger partial charge in [0.05, 0.1) is 12.1 Å². The summed E-state index contributed by atoms with van der Waals surface area (Å²) in [5, 5.41) is 1.30. The summed E-state index contributed by atoms with van der Waals surface area (Å²) in [7, 11) is 1.49. The first-order valence-electron chi connectivity index (χ1n) is 8.44. The first-order valence-corrected chi connectivity index (χ1v) is 9.25. The van der Waals surface area contributed by atoms with Gasteiger partial charge in [-0.25, -0.2) is 4.98 Å². The van der Waals surface area contributed by atoms with Crippen molar-refractivity contribution in [1.82, 2.24) is 9.88 Å². The van der Waals surface area contributed by atoms with E-state index in [0.717, 1.165) is 25.9 Å². The van der Waals surface area contributed by atoms with Gasteiger partial charge in [0, 0.05) is 23.5 Å². The highest BCUT2D eigenvalue weighted by Crippen LogP contribution is 2.36. The van der Waals surface area contributed by atoms with E-state index >= 15 is 0 Å². The number of hydrogen-bond acceptors (Lipinski definition) is 5. The summed E-state index contributed by atoms with van der Waals surface area (Å²) in [5.41, 5.74) is 0. The third kappa shape index (κ3) is 3.51. The Labute approximate surface area is 136 Å². The molecule has 0 unspecified atom stereocenters. The standard InChI is InChI=1S/C17H26N2O2S/c1-12-7-8-19(15(9-12)17(20)21-2)11-14-10-18-16(22-14)13-5-3-4-6-13/h10,12-13,15H,3-9,11H2,1-2H3/t12-,15-/m1/s1. The number of hydrogen-bond donors (Lipinski definition) is 0. The van der Waals surface area contributed by atoms with Crippen LogP contribution in [0, 0.1) is 5.92 Å². The van der Waals surface area contributed by atoms with Crippen molar-refractivity contribution >= 4 is 17.3 Å². The maximum atomic E-state index is 12.1. The van der Waals surface area contributed by atoms with Gasteiger partial charge >= 0.3 is 5.97 Å². The van der Waals surface area contributed by atoms with Crippen molar-refractivity contribution < 1.29 is 9.53 Å². The molecule has 0 bridgehead atoms. The number of rotatable bonds is 4. The van der Waals surface area contributed by atoms with E-state index in [4.69, 9.17) is 4.74 Å². The Hall–Kier alpha value is -0.940. The fourth-order valence-electron chi connectivity index (χ4n) is 3.72. The molecule has 1 aliphatic heterocycles. The average molecular weight is 322 g/mol. The number of aromatic nitrogens is 1. The van der Waals surface area contributed by atoms with E-state index < -0.39 is 0 Å². The summed E-state index contributed by atoms with van der Waals surface area (Å²) in [6.45, 7) is 4.02. The van der Waals surface area contributed by atoms with E-state index in [1.54, 1.807) is 0 Å². The van der Waals surface area contributed by atoms with Crippen molar-refractivity contribution in [2.45, 2.75) is 64.0 Å². The maximum Gasteiger partial charge on any atom is 0.323 e. The summed E-state index contributed by atoms with van der Waals surface area (Å²) >= 11 is 1.84. The molecule has 5 heteroatoms. The van der Waals surface area contributed by atoms with Gasteiger partial charge in [0.2, 0.25) is 0 Å². The SMILES string of the molecule is COC(=O)[C@H]1C[C@H](C)CCN1Cc1cnc(C2CCCC2)s1. The number of esters is 1. The highest BCUT2D eigenvalue weighted by molar-refractivity contribution is 7.11. The second kappa shape index (κ2) is 7.09. The molecule has 2 aliphatic rings. The quantitative estimate of drug-likeness (QED) is 0.795. The van der Waals surface area contributed by atoms with Crippen molar-refractivity contribution in [3.63, 3.8) is 0 Å². The molecule has 22 heavy (non-hydrogen) atoms. The third-order valence-corrected chi connectivity index (χ3v) is 6.23. The lowest BCUT2D eigenvalue weighted by atomic mass is 9.92. The van der Waals surface area contributed by atoms with Gasteiger partial charge in [-0.3, -0.25) is 9.69 Å². The number of nitrogens with zero attached hydrogens (tertiary/aromatic N) is 2. The molecule has 0 spiro atoms. The summed E-state index contributed by atoms with van der Waals surface area (Å²) in [6.07, 6.45) is 9.34. The van der Waals surface area contributed by atoms with Crippen LogP contribution >= 0.6 is 11.3 Å². The van der Waals surface area contributed by atoms with Gasteiger partial charge in [-0.2, -0.15) is 0 Å². The highest BCUT2D eigenvalue weighted by Gasteiger charge is 2.33. The highest BCUT2D eigenvalue weighted by atomic mass is 32.1. The minimum Gasteiger partial charge on any atom is -0.468 e. The van der Waals surface area contributed by atoms with Crippen molar-refractivity contribution in [2.75, 3.05) is 13.7 Å². The lowest BCUT2D eigenvalue weighted by Gasteiger charge is -2.36. The molecule has 0 N–H and O–H groups in total. The lowest BCUT2D eigenvalue weighted by Crippen LogP contribution is -2.46. The molecule has 1 saturated heterocycles. The fraction of sp³-hybridized carbons (Fsp3) is 0.765. The van der Waals surface area contributed by atoms with Gasteiger partial charge < -0.3 is 4.74 Å². The molecule has 4 nitrogen and oxygen atoms in total. The smallest absolute Gasteiger partial charge is 0.323 e. The van der Waals surface area contributed by atoms with Crippen LogP contribution in [0.3, 0.4) is 0 Å². The number of carbonyl (C=O) groups excluding carboxylic acids is 1. The fourth-order valence-corrected chi connectivity index (χ4v) is 4.83.